The van der Waals surface area contributed by atoms with Gasteiger partial charge in [-0.15, -0.1) is 0 Å². The van der Waals surface area contributed by atoms with Gasteiger partial charge in [-0.05, 0) is 50.3 Å². The van der Waals surface area contributed by atoms with Crippen LogP contribution in [0, 0.1) is 5.92 Å². The van der Waals surface area contributed by atoms with Crippen LogP contribution in [0.15, 0.2) is 21.2 Å². The molecule has 1 aromatic rings. The van der Waals surface area contributed by atoms with Gasteiger partial charge < -0.3 is 10.4 Å². The second-order valence-electron chi connectivity index (χ2n) is 4.48. The van der Waals surface area contributed by atoms with Gasteiger partial charge in [-0.3, -0.25) is 4.79 Å². The zero-order chi connectivity index (χ0) is 14.6. The van der Waals surface area contributed by atoms with Gasteiger partial charge in [0.2, 0.25) is 0 Å². The van der Waals surface area contributed by atoms with E-state index in [1.165, 1.54) is 6.20 Å². The number of pyridine rings is 1. The second-order valence-corrected chi connectivity index (χ2v) is 6.25. The number of carbonyl (C=O) groups is 2. The molecule has 19 heavy (non-hydrogen) atoms. The third-order valence-electron chi connectivity index (χ3n) is 2.33. The number of halogens is 2. The first kappa shape index (κ1) is 16.1. The maximum absolute atomic E-state index is 12.0. The van der Waals surface area contributed by atoms with Crippen molar-refractivity contribution in [1.29, 1.82) is 0 Å². The smallest absolute Gasteiger partial charge is 0.326 e. The summed E-state index contributed by atoms with van der Waals surface area (Å²) in [5, 5.41) is 11.6. The van der Waals surface area contributed by atoms with E-state index in [9.17, 15) is 9.59 Å². The molecule has 1 atom stereocenters. The van der Waals surface area contributed by atoms with Crippen LogP contribution in [-0.2, 0) is 4.79 Å². The Kier molecular flexibility index (Phi) is 5.93. The topological polar surface area (TPSA) is 79.3 Å². The summed E-state index contributed by atoms with van der Waals surface area (Å²) in [5.74, 6) is -1.38. The number of hydrogen-bond acceptors (Lipinski definition) is 3. The Bertz CT molecular complexity index is 492. The molecule has 1 aromatic heterocycles. The van der Waals surface area contributed by atoms with Gasteiger partial charge in [-0.2, -0.15) is 0 Å². The van der Waals surface area contributed by atoms with Crippen molar-refractivity contribution in [3.05, 3.63) is 26.9 Å². The quantitative estimate of drug-likeness (QED) is 0.806. The highest BCUT2D eigenvalue weighted by atomic mass is 79.9. The predicted octanol–water partition coefficient (Wildman–Crippen LogP) is 2.84. The van der Waals surface area contributed by atoms with Crippen LogP contribution in [0.4, 0.5) is 0 Å². The zero-order valence-electron chi connectivity index (χ0n) is 10.5. The first-order valence-electron chi connectivity index (χ1n) is 5.66. The van der Waals surface area contributed by atoms with Crippen LogP contribution < -0.4 is 5.32 Å². The number of aliphatic carboxylic acids is 1. The Morgan fingerprint density at radius 2 is 2.05 bits per heavy atom. The summed E-state index contributed by atoms with van der Waals surface area (Å²) in [6, 6.07) is 0.769. The van der Waals surface area contributed by atoms with Gasteiger partial charge in [0.1, 0.15) is 11.7 Å². The van der Waals surface area contributed by atoms with E-state index in [4.69, 9.17) is 5.11 Å². The molecule has 0 aliphatic carbocycles. The normalized spacial score (nSPS) is 12.3. The van der Waals surface area contributed by atoms with Crippen molar-refractivity contribution in [2.45, 2.75) is 26.3 Å². The number of nitrogens with zero attached hydrogens (tertiary/aromatic N) is 1. The number of amides is 1. The molecule has 5 nitrogen and oxygen atoms in total. The molecule has 0 aliphatic heterocycles. The van der Waals surface area contributed by atoms with Crippen molar-refractivity contribution in [2.24, 2.45) is 5.92 Å². The summed E-state index contributed by atoms with van der Waals surface area (Å²) in [5.41, 5.74) is 0.165. The summed E-state index contributed by atoms with van der Waals surface area (Å²) < 4.78 is 1.24. The Morgan fingerprint density at radius 1 is 1.42 bits per heavy atom. The van der Waals surface area contributed by atoms with E-state index < -0.39 is 17.9 Å². The standard InChI is InChI=1S/C12H14Br2N2O3/c1-6(2)3-9(12(18)19)16-11(17)10-8(14)4-7(13)5-15-10/h4-6,9H,3H2,1-2H3,(H,16,17)(H,18,19)/t9-/m1/s1. The molecule has 0 bridgehead atoms. The number of nitrogens with one attached hydrogen (secondary N) is 1. The van der Waals surface area contributed by atoms with E-state index in [-0.39, 0.29) is 11.6 Å². The molecule has 0 fully saturated rings. The van der Waals surface area contributed by atoms with E-state index in [2.05, 4.69) is 42.2 Å². The van der Waals surface area contributed by atoms with Crippen molar-refractivity contribution < 1.29 is 14.7 Å². The van der Waals surface area contributed by atoms with Gasteiger partial charge in [0.25, 0.3) is 5.91 Å². The average Bonchev–Trinajstić information content (AvgIpc) is 2.26. The lowest BCUT2D eigenvalue weighted by molar-refractivity contribution is -0.139. The predicted molar refractivity (Wildman–Crippen MR) is 78.0 cm³/mol. The maximum Gasteiger partial charge on any atom is 0.326 e. The fourth-order valence-corrected chi connectivity index (χ4v) is 2.67. The van der Waals surface area contributed by atoms with Crippen molar-refractivity contribution >= 4 is 43.7 Å². The fraction of sp³-hybridized carbons (Fsp3) is 0.417. The first-order chi connectivity index (χ1) is 8.81. The van der Waals surface area contributed by atoms with E-state index >= 15 is 0 Å². The van der Waals surface area contributed by atoms with Crippen molar-refractivity contribution in [2.75, 3.05) is 0 Å². The number of hydrogen-bond donors (Lipinski definition) is 2. The van der Waals surface area contributed by atoms with Gasteiger partial charge in [0.05, 0.1) is 4.47 Å². The Morgan fingerprint density at radius 3 is 2.53 bits per heavy atom. The molecule has 104 valence electrons. The molecule has 0 unspecified atom stereocenters. The van der Waals surface area contributed by atoms with Crippen LogP contribution in [0.5, 0.6) is 0 Å². The monoisotopic (exact) mass is 392 g/mol. The highest BCUT2D eigenvalue weighted by Crippen LogP contribution is 2.19. The average molecular weight is 394 g/mol. The molecule has 2 N–H and O–H groups in total. The van der Waals surface area contributed by atoms with Gasteiger partial charge in [0, 0.05) is 10.7 Å². The van der Waals surface area contributed by atoms with Gasteiger partial charge in [-0.25, -0.2) is 9.78 Å². The van der Waals surface area contributed by atoms with Gasteiger partial charge in [-0.1, -0.05) is 13.8 Å². The molecule has 1 rings (SSSR count). The van der Waals surface area contributed by atoms with E-state index in [0.29, 0.717) is 10.9 Å². The summed E-state index contributed by atoms with van der Waals surface area (Å²) in [7, 11) is 0. The number of aromatic nitrogens is 1. The van der Waals surface area contributed by atoms with Crippen LogP contribution >= 0.6 is 31.9 Å². The number of carbonyl (C=O) groups excluding carboxylic acids is 1. The van der Waals surface area contributed by atoms with Crippen LogP contribution in [0.2, 0.25) is 0 Å². The fourth-order valence-electron chi connectivity index (χ4n) is 1.50. The highest BCUT2D eigenvalue weighted by Gasteiger charge is 2.23. The molecule has 7 heteroatoms. The van der Waals surface area contributed by atoms with E-state index in [0.717, 1.165) is 4.47 Å². The lowest BCUT2D eigenvalue weighted by atomic mass is 10.0. The molecule has 0 aliphatic rings. The largest absolute Gasteiger partial charge is 0.480 e. The minimum Gasteiger partial charge on any atom is -0.480 e. The molecule has 0 radical (unpaired) electrons. The first-order valence-corrected chi connectivity index (χ1v) is 7.24. The summed E-state index contributed by atoms with van der Waals surface area (Å²) in [6.45, 7) is 3.80. The minimum absolute atomic E-state index is 0.165. The lowest BCUT2D eigenvalue weighted by Gasteiger charge is -2.16. The number of carboxylic acid groups (broad SMARTS) is 1. The third-order valence-corrected chi connectivity index (χ3v) is 3.37. The van der Waals surface area contributed by atoms with Crippen LogP contribution in [0.25, 0.3) is 0 Å². The molecular weight excluding hydrogens is 380 g/mol. The van der Waals surface area contributed by atoms with E-state index in [1.54, 1.807) is 6.07 Å². The Labute approximate surface area is 128 Å². The molecular formula is C12H14Br2N2O3. The highest BCUT2D eigenvalue weighted by molar-refractivity contribution is 9.11. The van der Waals surface area contributed by atoms with Crippen LogP contribution in [0.1, 0.15) is 30.8 Å². The molecule has 0 spiro atoms. The van der Waals surface area contributed by atoms with Crippen LogP contribution in [-0.4, -0.2) is 28.0 Å². The summed E-state index contributed by atoms with van der Waals surface area (Å²) in [4.78, 5) is 27.0. The minimum atomic E-state index is -1.05. The Balaban J connectivity index is 2.84. The second kappa shape index (κ2) is 7.00. The number of rotatable bonds is 5. The Hall–Kier alpha value is -0.950. The van der Waals surface area contributed by atoms with Crippen LogP contribution in [0.3, 0.4) is 0 Å². The van der Waals surface area contributed by atoms with Gasteiger partial charge >= 0.3 is 5.97 Å². The summed E-state index contributed by atoms with van der Waals surface area (Å²) >= 11 is 6.46. The SMILES string of the molecule is CC(C)C[C@@H](NC(=O)c1ncc(Br)cc1Br)C(=O)O. The lowest BCUT2D eigenvalue weighted by Crippen LogP contribution is -2.42. The van der Waals surface area contributed by atoms with Crippen molar-refractivity contribution in [3.63, 3.8) is 0 Å². The third kappa shape index (κ3) is 4.91. The summed E-state index contributed by atoms with van der Waals surface area (Å²) in [6.07, 6.45) is 1.85. The molecule has 0 aromatic carbocycles. The molecule has 0 saturated heterocycles. The number of carboxylic acids is 1. The molecule has 0 saturated carbocycles. The molecule has 1 heterocycles. The molecule has 1 amide bonds. The van der Waals surface area contributed by atoms with Crippen molar-refractivity contribution in [3.8, 4) is 0 Å². The van der Waals surface area contributed by atoms with E-state index in [1.807, 2.05) is 13.8 Å². The van der Waals surface area contributed by atoms with Gasteiger partial charge in [0.15, 0.2) is 0 Å². The maximum atomic E-state index is 12.0. The zero-order valence-corrected chi connectivity index (χ0v) is 13.7. The van der Waals surface area contributed by atoms with Crippen molar-refractivity contribution in [1.82, 2.24) is 10.3 Å².